The van der Waals surface area contributed by atoms with Gasteiger partial charge in [0, 0.05) is 29.8 Å². The van der Waals surface area contributed by atoms with Gasteiger partial charge in [0.1, 0.15) is 5.82 Å². The van der Waals surface area contributed by atoms with Crippen molar-refractivity contribution in [2.24, 2.45) is 0 Å². The second-order valence-corrected chi connectivity index (χ2v) is 4.81. The molecule has 0 unspecified atom stereocenters. The second kappa shape index (κ2) is 7.24. The first-order valence-corrected chi connectivity index (χ1v) is 6.34. The molecule has 0 spiro atoms. The van der Waals surface area contributed by atoms with Gasteiger partial charge in [0.05, 0.1) is 5.52 Å². The molecular formula is C15H17Cl2N5. The van der Waals surface area contributed by atoms with Gasteiger partial charge in [0.25, 0.3) is 0 Å². The Labute approximate surface area is 141 Å². The van der Waals surface area contributed by atoms with Crippen LogP contribution in [0.1, 0.15) is 16.7 Å². The van der Waals surface area contributed by atoms with E-state index in [9.17, 15) is 0 Å². The number of hydrogen-bond donors (Lipinski definition) is 2. The van der Waals surface area contributed by atoms with Crippen molar-refractivity contribution in [3.8, 4) is 0 Å². The van der Waals surface area contributed by atoms with Gasteiger partial charge in [-0.05, 0) is 30.2 Å². The molecule has 5 nitrogen and oxygen atoms in total. The highest BCUT2D eigenvalue weighted by molar-refractivity contribution is 5.85. The normalized spacial score (nSPS) is 9.86. The van der Waals surface area contributed by atoms with Gasteiger partial charge in [-0.15, -0.1) is 24.8 Å². The Hall–Kier alpha value is -2.11. The number of aryl methyl sites for hydroxylation is 1. The summed E-state index contributed by atoms with van der Waals surface area (Å²) in [4.78, 5) is 12.4. The lowest BCUT2D eigenvalue weighted by molar-refractivity contribution is 1.10. The quantitative estimate of drug-likeness (QED) is 0.750. The number of anilines is 2. The van der Waals surface area contributed by atoms with Crippen LogP contribution in [0.3, 0.4) is 0 Å². The third kappa shape index (κ3) is 3.55. The Bertz CT molecular complexity index is 792. The Morgan fingerprint density at radius 3 is 2.55 bits per heavy atom. The lowest BCUT2D eigenvalue weighted by atomic mass is 9.99. The molecular weight excluding hydrogens is 321 g/mol. The smallest absolute Gasteiger partial charge is 0.221 e. The van der Waals surface area contributed by atoms with Crippen molar-refractivity contribution in [2.45, 2.75) is 13.3 Å². The van der Waals surface area contributed by atoms with Crippen molar-refractivity contribution in [3.63, 3.8) is 0 Å². The molecule has 4 N–H and O–H groups in total. The summed E-state index contributed by atoms with van der Waals surface area (Å²) in [6.07, 6.45) is 4.14. The SMILES string of the molecule is Cc1cc(Cc2cnc(N)nc2N)c2cccnc2c1.Cl.Cl. The Morgan fingerprint density at radius 2 is 1.82 bits per heavy atom. The Kier molecular flexibility index (Phi) is 5.91. The lowest BCUT2D eigenvalue weighted by Crippen LogP contribution is -2.04. The van der Waals surface area contributed by atoms with Crippen molar-refractivity contribution in [2.75, 3.05) is 11.5 Å². The standard InChI is InChI=1S/C15H15N5.2ClH/c1-9-5-10(12-3-2-4-18-13(12)6-9)7-11-8-19-15(17)20-14(11)16;;/h2-6,8H,7H2,1H3,(H4,16,17,19,20);2*1H. The molecule has 7 heteroatoms. The average Bonchev–Trinajstić information content (AvgIpc) is 2.41. The van der Waals surface area contributed by atoms with Crippen molar-refractivity contribution in [1.82, 2.24) is 15.0 Å². The first-order valence-electron chi connectivity index (χ1n) is 6.34. The number of nitrogen functional groups attached to an aromatic ring is 2. The largest absolute Gasteiger partial charge is 0.383 e. The van der Waals surface area contributed by atoms with Gasteiger partial charge in [-0.25, -0.2) is 4.98 Å². The van der Waals surface area contributed by atoms with Crippen LogP contribution in [0.5, 0.6) is 0 Å². The van der Waals surface area contributed by atoms with Crippen LogP contribution in [-0.2, 0) is 6.42 Å². The molecule has 0 bridgehead atoms. The summed E-state index contributed by atoms with van der Waals surface area (Å²) in [6.45, 7) is 2.06. The van der Waals surface area contributed by atoms with E-state index in [1.807, 2.05) is 6.07 Å². The van der Waals surface area contributed by atoms with Crippen LogP contribution in [0.15, 0.2) is 36.7 Å². The van der Waals surface area contributed by atoms with E-state index in [1.165, 1.54) is 5.56 Å². The zero-order valence-corrected chi connectivity index (χ0v) is 13.6. The summed E-state index contributed by atoms with van der Waals surface area (Å²) in [5, 5.41) is 1.12. The van der Waals surface area contributed by atoms with Gasteiger partial charge in [-0.1, -0.05) is 12.1 Å². The highest BCUT2D eigenvalue weighted by Gasteiger charge is 2.08. The maximum Gasteiger partial charge on any atom is 0.221 e. The maximum absolute atomic E-state index is 5.90. The van der Waals surface area contributed by atoms with E-state index in [4.69, 9.17) is 11.5 Å². The topological polar surface area (TPSA) is 90.7 Å². The number of fused-ring (bicyclic) bond motifs is 1. The van der Waals surface area contributed by atoms with Crippen LogP contribution in [-0.4, -0.2) is 15.0 Å². The molecule has 0 radical (unpaired) electrons. The molecule has 0 aliphatic rings. The molecule has 0 atom stereocenters. The molecule has 116 valence electrons. The van der Waals surface area contributed by atoms with E-state index in [0.717, 1.165) is 22.0 Å². The maximum atomic E-state index is 5.90. The fourth-order valence-corrected chi connectivity index (χ4v) is 2.34. The summed E-state index contributed by atoms with van der Waals surface area (Å²) in [7, 11) is 0. The Morgan fingerprint density at radius 1 is 1.05 bits per heavy atom. The molecule has 22 heavy (non-hydrogen) atoms. The molecule has 1 aromatic carbocycles. The minimum atomic E-state index is 0. The predicted molar refractivity (Wildman–Crippen MR) is 94.6 cm³/mol. The number of pyridine rings is 1. The average molecular weight is 338 g/mol. The molecule has 3 aromatic rings. The van der Waals surface area contributed by atoms with Gasteiger partial charge in [0.2, 0.25) is 5.95 Å². The number of aromatic nitrogens is 3. The molecule has 2 aromatic heterocycles. The van der Waals surface area contributed by atoms with Crippen LogP contribution in [0.4, 0.5) is 11.8 Å². The van der Waals surface area contributed by atoms with Crippen LogP contribution in [0, 0.1) is 6.92 Å². The molecule has 0 saturated carbocycles. The zero-order valence-electron chi connectivity index (χ0n) is 12.0. The number of halogens is 2. The number of rotatable bonds is 2. The van der Waals surface area contributed by atoms with Gasteiger partial charge >= 0.3 is 0 Å². The molecule has 3 rings (SSSR count). The van der Waals surface area contributed by atoms with E-state index < -0.39 is 0 Å². The van der Waals surface area contributed by atoms with E-state index in [1.54, 1.807) is 12.4 Å². The van der Waals surface area contributed by atoms with E-state index in [2.05, 4.69) is 40.1 Å². The molecule has 0 aliphatic heterocycles. The molecule has 0 aliphatic carbocycles. The monoisotopic (exact) mass is 337 g/mol. The van der Waals surface area contributed by atoms with Crippen LogP contribution in [0.25, 0.3) is 10.9 Å². The highest BCUT2D eigenvalue weighted by Crippen LogP contribution is 2.23. The Balaban J connectivity index is 0.00000121. The van der Waals surface area contributed by atoms with Crippen molar-refractivity contribution >= 4 is 47.5 Å². The summed E-state index contributed by atoms with van der Waals surface area (Å²) < 4.78 is 0. The van der Waals surface area contributed by atoms with Crippen molar-refractivity contribution in [1.29, 1.82) is 0 Å². The van der Waals surface area contributed by atoms with Crippen LogP contribution in [0.2, 0.25) is 0 Å². The van der Waals surface area contributed by atoms with E-state index in [0.29, 0.717) is 12.2 Å². The van der Waals surface area contributed by atoms with Gasteiger partial charge in [-0.2, -0.15) is 4.98 Å². The van der Waals surface area contributed by atoms with Crippen LogP contribution >= 0.6 is 24.8 Å². The lowest BCUT2D eigenvalue weighted by Gasteiger charge is -2.09. The molecule has 2 heterocycles. The molecule has 0 saturated heterocycles. The number of benzene rings is 1. The van der Waals surface area contributed by atoms with Gasteiger partial charge < -0.3 is 11.5 Å². The highest BCUT2D eigenvalue weighted by atomic mass is 35.5. The summed E-state index contributed by atoms with van der Waals surface area (Å²) >= 11 is 0. The second-order valence-electron chi connectivity index (χ2n) is 4.81. The number of nitrogens with zero attached hydrogens (tertiary/aromatic N) is 3. The predicted octanol–water partition coefficient (Wildman–Crippen LogP) is 2.93. The number of nitrogens with two attached hydrogens (primary N) is 2. The first kappa shape index (κ1) is 17.9. The molecule has 0 fully saturated rings. The van der Waals surface area contributed by atoms with E-state index >= 15 is 0 Å². The first-order chi connectivity index (χ1) is 9.63. The van der Waals surface area contributed by atoms with Crippen molar-refractivity contribution in [3.05, 3.63) is 53.3 Å². The molecule has 0 amide bonds. The summed E-state index contributed by atoms with van der Waals surface area (Å²) in [5.41, 5.74) is 15.6. The van der Waals surface area contributed by atoms with Crippen molar-refractivity contribution < 1.29 is 0 Å². The summed E-state index contributed by atoms with van der Waals surface area (Å²) in [5.74, 6) is 0.623. The van der Waals surface area contributed by atoms with Gasteiger partial charge in [-0.3, -0.25) is 4.98 Å². The van der Waals surface area contributed by atoms with Crippen LogP contribution < -0.4 is 11.5 Å². The minimum absolute atomic E-state index is 0. The third-order valence-corrected chi connectivity index (χ3v) is 3.25. The van der Waals surface area contributed by atoms with Gasteiger partial charge in [0.15, 0.2) is 0 Å². The summed E-state index contributed by atoms with van der Waals surface area (Å²) in [6, 6.07) is 8.21. The fraction of sp³-hybridized carbons (Fsp3) is 0.133. The third-order valence-electron chi connectivity index (χ3n) is 3.25. The minimum Gasteiger partial charge on any atom is -0.383 e. The zero-order chi connectivity index (χ0) is 14.1. The fourth-order valence-electron chi connectivity index (χ4n) is 2.34. The van der Waals surface area contributed by atoms with E-state index in [-0.39, 0.29) is 30.8 Å². The number of hydrogen-bond acceptors (Lipinski definition) is 5.